The SMILES string of the molecule is CC1(c2ccccc2)NC(=S)NC1=S. The molecule has 72 valence electrons. The van der Waals surface area contributed by atoms with Crippen LogP contribution in [0.15, 0.2) is 30.3 Å². The summed E-state index contributed by atoms with van der Waals surface area (Å²) in [5.41, 5.74) is 0.769. The van der Waals surface area contributed by atoms with E-state index < -0.39 is 0 Å². The van der Waals surface area contributed by atoms with Crippen LogP contribution in [-0.2, 0) is 5.54 Å². The summed E-state index contributed by atoms with van der Waals surface area (Å²) in [6.07, 6.45) is 0. The van der Waals surface area contributed by atoms with E-state index in [-0.39, 0.29) is 5.54 Å². The first kappa shape index (κ1) is 9.55. The van der Waals surface area contributed by atoms with Crippen LogP contribution in [0.2, 0.25) is 0 Å². The van der Waals surface area contributed by atoms with E-state index in [0.717, 1.165) is 10.6 Å². The standard InChI is InChI=1S/C10H10N2S2/c1-10(7-5-3-2-4-6-7)8(13)11-9(14)12-10/h2-6H,1H3,(H2,11,12,13,14). The summed E-state index contributed by atoms with van der Waals surface area (Å²) in [5, 5.41) is 6.73. The first-order valence-corrected chi connectivity index (χ1v) is 5.14. The van der Waals surface area contributed by atoms with Crippen LogP contribution < -0.4 is 10.6 Å². The molecule has 0 spiro atoms. The van der Waals surface area contributed by atoms with Crippen molar-refractivity contribution in [2.45, 2.75) is 12.5 Å². The van der Waals surface area contributed by atoms with Crippen LogP contribution in [0.3, 0.4) is 0 Å². The number of hydrogen-bond acceptors (Lipinski definition) is 2. The van der Waals surface area contributed by atoms with Crippen molar-refractivity contribution in [1.29, 1.82) is 0 Å². The lowest BCUT2D eigenvalue weighted by Gasteiger charge is -2.23. The smallest absolute Gasteiger partial charge is 0.172 e. The zero-order valence-corrected chi connectivity index (χ0v) is 9.34. The summed E-state index contributed by atoms with van der Waals surface area (Å²) in [5.74, 6) is 0. The number of thiocarbonyl (C=S) groups is 2. The number of nitrogens with one attached hydrogen (secondary N) is 2. The zero-order valence-electron chi connectivity index (χ0n) is 7.70. The summed E-state index contributed by atoms with van der Waals surface area (Å²) in [6, 6.07) is 10.0. The highest BCUT2D eigenvalue weighted by atomic mass is 32.1. The van der Waals surface area contributed by atoms with Gasteiger partial charge in [-0.2, -0.15) is 0 Å². The molecule has 1 fully saturated rings. The predicted molar refractivity (Wildman–Crippen MR) is 65.3 cm³/mol. The molecule has 2 N–H and O–H groups in total. The Morgan fingerprint density at radius 2 is 1.79 bits per heavy atom. The lowest BCUT2D eigenvalue weighted by Crippen LogP contribution is -2.39. The average molecular weight is 222 g/mol. The van der Waals surface area contributed by atoms with Gasteiger partial charge in [-0.3, -0.25) is 0 Å². The third-order valence-corrected chi connectivity index (χ3v) is 3.11. The minimum Gasteiger partial charge on any atom is -0.347 e. The Balaban J connectivity index is 2.43. The second-order valence-electron chi connectivity index (χ2n) is 3.40. The third kappa shape index (κ3) is 1.40. The van der Waals surface area contributed by atoms with Crippen LogP contribution in [0.1, 0.15) is 12.5 Å². The van der Waals surface area contributed by atoms with Gasteiger partial charge in [-0.1, -0.05) is 42.5 Å². The monoisotopic (exact) mass is 222 g/mol. The molecule has 1 saturated heterocycles. The maximum atomic E-state index is 5.25. The largest absolute Gasteiger partial charge is 0.347 e. The van der Waals surface area contributed by atoms with Crippen LogP contribution >= 0.6 is 24.4 Å². The van der Waals surface area contributed by atoms with Crippen LogP contribution in [0.4, 0.5) is 0 Å². The quantitative estimate of drug-likeness (QED) is 0.706. The van der Waals surface area contributed by atoms with Gasteiger partial charge in [-0.15, -0.1) is 0 Å². The summed E-state index contributed by atoms with van der Waals surface area (Å²) < 4.78 is 0. The molecule has 2 nitrogen and oxygen atoms in total. The Morgan fingerprint density at radius 1 is 1.14 bits per heavy atom. The van der Waals surface area contributed by atoms with E-state index >= 15 is 0 Å². The minimum atomic E-state index is -0.353. The van der Waals surface area contributed by atoms with E-state index in [1.165, 1.54) is 0 Å². The molecular weight excluding hydrogens is 212 g/mol. The van der Waals surface area contributed by atoms with Crippen LogP contribution in [0.5, 0.6) is 0 Å². The summed E-state index contributed by atoms with van der Waals surface area (Å²) >= 11 is 10.3. The zero-order chi connectivity index (χ0) is 10.2. The molecule has 14 heavy (non-hydrogen) atoms. The molecule has 0 aliphatic carbocycles. The van der Waals surface area contributed by atoms with Gasteiger partial charge in [0.25, 0.3) is 0 Å². The highest BCUT2D eigenvalue weighted by Crippen LogP contribution is 2.24. The average Bonchev–Trinajstić information content (AvgIpc) is 2.43. The molecule has 0 bridgehead atoms. The molecule has 1 unspecified atom stereocenters. The van der Waals surface area contributed by atoms with Crippen LogP contribution in [0, 0.1) is 0 Å². The van der Waals surface area contributed by atoms with Gasteiger partial charge < -0.3 is 10.6 Å². The molecular formula is C10H10N2S2. The number of rotatable bonds is 1. The van der Waals surface area contributed by atoms with Crippen molar-refractivity contribution < 1.29 is 0 Å². The fourth-order valence-electron chi connectivity index (χ4n) is 1.52. The third-order valence-electron chi connectivity index (χ3n) is 2.40. The first-order chi connectivity index (χ1) is 6.63. The maximum absolute atomic E-state index is 5.25. The number of benzene rings is 1. The molecule has 1 aliphatic heterocycles. The fraction of sp³-hybridized carbons (Fsp3) is 0.200. The van der Waals surface area contributed by atoms with Crippen molar-refractivity contribution >= 4 is 34.5 Å². The van der Waals surface area contributed by atoms with Crippen molar-refractivity contribution in [3.63, 3.8) is 0 Å². The Morgan fingerprint density at radius 3 is 2.29 bits per heavy atom. The van der Waals surface area contributed by atoms with E-state index in [1.54, 1.807) is 0 Å². The minimum absolute atomic E-state index is 0.353. The molecule has 1 atom stereocenters. The maximum Gasteiger partial charge on any atom is 0.172 e. The van der Waals surface area contributed by atoms with Gasteiger partial charge in [-0.25, -0.2) is 0 Å². The van der Waals surface area contributed by atoms with Crippen molar-refractivity contribution in [1.82, 2.24) is 10.6 Å². The van der Waals surface area contributed by atoms with Gasteiger partial charge in [0, 0.05) is 0 Å². The van der Waals surface area contributed by atoms with E-state index in [0.29, 0.717) is 5.11 Å². The van der Waals surface area contributed by atoms with Crippen molar-refractivity contribution in [3.8, 4) is 0 Å². The lowest BCUT2D eigenvalue weighted by molar-refractivity contribution is 0.624. The summed E-state index contributed by atoms with van der Waals surface area (Å²) in [7, 11) is 0. The molecule has 0 radical (unpaired) electrons. The summed E-state index contributed by atoms with van der Waals surface area (Å²) in [4.78, 5) is 0.730. The van der Waals surface area contributed by atoms with Crippen LogP contribution in [0.25, 0.3) is 0 Å². The lowest BCUT2D eigenvalue weighted by atomic mass is 9.93. The first-order valence-electron chi connectivity index (χ1n) is 4.32. The molecule has 1 aromatic carbocycles. The Labute approximate surface area is 93.7 Å². The second-order valence-corrected chi connectivity index (χ2v) is 4.22. The topological polar surface area (TPSA) is 24.1 Å². The molecule has 1 aromatic rings. The fourth-order valence-corrected chi connectivity index (χ4v) is 2.16. The van der Waals surface area contributed by atoms with Gasteiger partial charge in [0.1, 0.15) is 10.5 Å². The van der Waals surface area contributed by atoms with Gasteiger partial charge in [0.05, 0.1) is 0 Å². The second kappa shape index (κ2) is 3.29. The van der Waals surface area contributed by atoms with Gasteiger partial charge in [0.2, 0.25) is 0 Å². The van der Waals surface area contributed by atoms with E-state index in [4.69, 9.17) is 24.4 Å². The number of hydrogen-bond donors (Lipinski definition) is 2. The molecule has 1 aliphatic rings. The molecule has 0 aromatic heterocycles. The van der Waals surface area contributed by atoms with Gasteiger partial charge in [0.15, 0.2) is 5.11 Å². The highest BCUT2D eigenvalue weighted by molar-refractivity contribution is 7.82. The molecule has 0 saturated carbocycles. The van der Waals surface area contributed by atoms with Crippen molar-refractivity contribution in [2.75, 3.05) is 0 Å². The predicted octanol–water partition coefficient (Wildman–Crippen LogP) is 1.71. The van der Waals surface area contributed by atoms with Crippen LogP contribution in [-0.4, -0.2) is 10.1 Å². The highest BCUT2D eigenvalue weighted by Gasteiger charge is 2.37. The van der Waals surface area contributed by atoms with E-state index in [1.807, 2.05) is 37.3 Å². The molecule has 0 amide bonds. The molecule has 4 heteroatoms. The Kier molecular flexibility index (Phi) is 2.25. The normalized spacial score (nSPS) is 25.8. The van der Waals surface area contributed by atoms with Gasteiger partial charge in [-0.05, 0) is 24.7 Å². The van der Waals surface area contributed by atoms with Crippen molar-refractivity contribution in [3.05, 3.63) is 35.9 Å². The Bertz CT molecular complexity index is 388. The molecule has 2 rings (SSSR count). The van der Waals surface area contributed by atoms with Gasteiger partial charge >= 0.3 is 0 Å². The molecule has 1 heterocycles. The van der Waals surface area contributed by atoms with Crippen molar-refractivity contribution in [2.24, 2.45) is 0 Å². The van der Waals surface area contributed by atoms with E-state index in [2.05, 4.69) is 10.6 Å². The summed E-state index contributed by atoms with van der Waals surface area (Å²) in [6.45, 7) is 2.02. The van der Waals surface area contributed by atoms with E-state index in [9.17, 15) is 0 Å². The Hall–Kier alpha value is -1.000.